The molecule has 1 aromatic heterocycles. The van der Waals surface area contributed by atoms with E-state index in [-0.39, 0.29) is 22.2 Å². The van der Waals surface area contributed by atoms with Gasteiger partial charge in [0.1, 0.15) is 6.23 Å². The van der Waals surface area contributed by atoms with Gasteiger partial charge in [-0.1, -0.05) is 30.9 Å². The monoisotopic (exact) mass is 349 g/mol. The molecule has 0 saturated heterocycles. The lowest BCUT2D eigenvalue weighted by Gasteiger charge is -2.27. The second-order valence-electron chi connectivity index (χ2n) is 6.12. The van der Waals surface area contributed by atoms with Crippen molar-refractivity contribution in [1.82, 2.24) is 14.9 Å². The molecule has 3 N–H and O–H groups in total. The first-order chi connectivity index (χ1) is 11.6. The van der Waals surface area contributed by atoms with Crippen LogP contribution in [0.25, 0.3) is 5.69 Å². The van der Waals surface area contributed by atoms with E-state index >= 15 is 0 Å². The van der Waals surface area contributed by atoms with E-state index in [2.05, 4.69) is 10.3 Å². The molecule has 0 spiro atoms. The number of benzene rings is 1. The number of aromatic nitrogens is 2. The minimum Gasteiger partial charge on any atom is -0.373 e. The third-order valence-electron chi connectivity index (χ3n) is 4.50. The van der Waals surface area contributed by atoms with Crippen LogP contribution in [0, 0.1) is 5.92 Å². The number of nitrogens with zero attached hydrogens (tertiary/aromatic N) is 1. The summed E-state index contributed by atoms with van der Waals surface area (Å²) in [6.07, 6.45) is 7.35. The number of H-pyrrole nitrogens is 1. The molecule has 128 valence electrons. The van der Waals surface area contributed by atoms with Crippen LogP contribution in [0.2, 0.25) is 5.02 Å². The van der Waals surface area contributed by atoms with E-state index in [1.165, 1.54) is 17.2 Å². The lowest BCUT2D eigenvalue weighted by Crippen LogP contribution is -2.41. The first-order valence-corrected chi connectivity index (χ1v) is 8.49. The van der Waals surface area contributed by atoms with Crippen LogP contribution in [0.5, 0.6) is 0 Å². The van der Waals surface area contributed by atoms with E-state index < -0.39 is 12.1 Å². The van der Waals surface area contributed by atoms with E-state index in [4.69, 9.17) is 11.6 Å². The summed E-state index contributed by atoms with van der Waals surface area (Å²) in [5, 5.41) is 13.2. The molecule has 0 radical (unpaired) electrons. The van der Waals surface area contributed by atoms with Gasteiger partial charge in [-0.25, -0.2) is 4.79 Å². The van der Waals surface area contributed by atoms with Gasteiger partial charge >= 0.3 is 5.69 Å². The topological polar surface area (TPSA) is 87.1 Å². The average molecular weight is 350 g/mol. The summed E-state index contributed by atoms with van der Waals surface area (Å²) in [6, 6.07) is 4.77. The third-order valence-corrected chi connectivity index (χ3v) is 4.83. The first kappa shape index (κ1) is 16.8. The van der Waals surface area contributed by atoms with Gasteiger partial charge in [0.25, 0.3) is 5.91 Å². The number of carbonyl (C=O) groups is 1. The Kier molecular flexibility index (Phi) is 5.06. The van der Waals surface area contributed by atoms with Crippen molar-refractivity contribution < 1.29 is 9.90 Å². The second kappa shape index (κ2) is 7.23. The van der Waals surface area contributed by atoms with Gasteiger partial charge in [-0.15, -0.1) is 0 Å². The number of hydrogen-bond donors (Lipinski definition) is 3. The SMILES string of the molecule is O=C(NC(O)C1CCCCC1)c1cc(-n2cc[nH]c2=O)ccc1Cl. The number of carbonyl (C=O) groups excluding carboxylic acids is 1. The minimum absolute atomic E-state index is 0.0805. The maximum Gasteiger partial charge on any atom is 0.330 e. The number of rotatable bonds is 4. The fourth-order valence-corrected chi connectivity index (χ4v) is 3.34. The van der Waals surface area contributed by atoms with Crippen LogP contribution < -0.4 is 11.0 Å². The molecule has 1 aliphatic rings. The number of nitrogens with one attached hydrogen (secondary N) is 2. The molecule has 0 aliphatic heterocycles. The Bertz CT molecular complexity index is 777. The molecule has 3 rings (SSSR count). The van der Waals surface area contributed by atoms with Gasteiger partial charge in [0.15, 0.2) is 0 Å². The second-order valence-corrected chi connectivity index (χ2v) is 6.52. The Labute approximate surface area is 144 Å². The maximum absolute atomic E-state index is 12.5. The number of aromatic amines is 1. The molecule has 1 aliphatic carbocycles. The van der Waals surface area contributed by atoms with Crippen LogP contribution in [0.4, 0.5) is 0 Å². The zero-order valence-electron chi connectivity index (χ0n) is 13.2. The zero-order chi connectivity index (χ0) is 17.1. The normalized spacial score (nSPS) is 16.8. The molecule has 1 amide bonds. The van der Waals surface area contributed by atoms with E-state index in [1.807, 2.05) is 0 Å². The smallest absolute Gasteiger partial charge is 0.330 e. The van der Waals surface area contributed by atoms with Gasteiger partial charge in [-0.3, -0.25) is 9.36 Å². The molecule has 7 heteroatoms. The van der Waals surface area contributed by atoms with Crippen LogP contribution in [0.1, 0.15) is 42.5 Å². The van der Waals surface area contributed by atoms with Crippen molar-refractivity contribution in [2.45, 2.75) is 38.3 Å². The number of hydrogen-bond acceptors (Lipinski definition) is 3. The van der Waals surface area contributed by atoms with Gasteiger partial charge in [0.05, 0.1) is 16.3 Å². The quantitative estimate of drug-likeness (QED) is 0.741. The zero-order valence-corrected chi connectivity index (χ0v) is 13.9. The number of halogens is 1. The van der Waals surface area contributed by atoms with Gasteiger partial charge in [0.2, 0.25) is 0 Å². The summed E-state index contributed by atoms with van der Waals surface area (Å²) in [7, 11) is 0. The number of amides is 1. The number of aliphatic hydroxyl groups is 1. The van der Waals surface area contributed by atoms with Crippen LogP contribution in [-0.4, -0.2) is 26.8 Å². The predicted octanol–water partition coefficient (Wildman–Crippen LogP) is 2.45. The van der Waals surface area contributed by atoms with Gasteiger partial charge in [0, 0.05) is 18.3 Å². The Morgan fingerprint density at radius 2 is 2.08 bits per heavy atom. The molecule has 2 aromatic rings. The highest BCUT2D eigenvalue weighted by molar-refractivity contribution is 6.33. The van der Waals surface area contributed by atoms with Crippen LogP contribution in [0.15, 0.2) is 35.4 Å². The fraction of sp³-hybridized carbons (Fsp3) is 0.412. The van der Waals surface area contributed by atoms with Crippen molar-refractivity contribution in [2.75, 3.05) is 0 Å². The van der Waals surface area contributed by atoms with Crippen LogP contribution in [0.3, 0.4) is 0 Å². The minimum atomic E-state index is -0.882. The predicted molar refractivity (Wildman–Crippen MR) is 91.4 cm³/mol. The van der Waals surface area contributed by atoms with Crippen molar-refractivity contribution in [3.05, 3.63) is 51.7 Å². The molecule has 1 saturated carbocycles. The Balaban J connectivity index is 1.79. The van der Waals surface area contributed by atoms with Gasteiger partial charge < -0.3 is 15.4 Å². The number of imidazole rings is 1. The van der Waals surface area contributed by atoms with Crippen molar-refractivity contribution in [3.63, 3.8) is 0 Å². The third kappa shape index (κ3) is 3.55. The number of aliphatic hydroxyl groups excluding tert-OH is 1. The summed E-state index contributed by atoms with van der Waals surface area (Å²) in [4.78, 5) is 26.7. The molecule has 1 atom stereocenters. The highest BCUT2D eigenvalue weighted by Crippen LogP contribution is 2.26. The van der Waals surface area contributed by atoms with Crippen molar-refractivity contribution in [3.8, 4) is 5.69 Å². The maximum atomic E-state index is 12.5. The standard InChI is InChI=1S/C17H20ClN3O3/c18-14-7-6-12(21-9-8-19-17(21)24)10-13(14)16(23)20-15(22)11-4-2-1-3-5-11/h6-11,15,22H,1-5H2,(H,19,24)(H,20,23). The molecule has 6 nitrogen and oxygen atoms in total. The van der Waals surface area contributed by atoms with Crippen molar-refractivity contribution in [2.24, 2.45) is 5.92 Å². The molecule has 24 heavy (non-hydrogen) atoms. The molecule has 1 unspecified atom stereocenters. The van der Waals surface area contributed by atoms with Crippen LogP contribution >= 0.6 is 11.6 Å². The van der Waals surface area contributed by atoms with E-state index in [0.29, 0.717) is 5.69 Å². The molecule has 0 bridgehead atoms. The first-order valence-electron chi connectivity index (χ1n) is 8.11. The van der Waals surface area contributed by atoms with E-state index in [1.54, 1.807) is 24.4 Å². The lowest BCUT2D eigenvalue weighted by molar-refractivity contribution is 0.0463. The summed E-state index contributed by atoms with van der Waals surface area (Å²) in [5.41, 5.74) is 0.464. The molecular formula is C17H20ClN3O3. The largest absolute Gasteiger partial charge is 0.373 e. The van der Waals surface area contributed by atoms with E-state index in [9.17, 15) is 14.7 Å². The molecule has 1 aromatic carbocycles. The Hall–Kier alpha value is -2.05. The van der Waals surface area contributed by atoms with E-state index in [0.717, 1.165) is 25.7 Å². The van der Waals surface area contributed by atoms with Crippen LogP contribution in [-0.2, 0) is 0 Å². The highest BCUT2D eigenvalue weighted by atomic mass is 35.5. The van der Waals surface area contributed by atoms with Gasteiger partial charge in [-0.2, -0.15) is 0 Å². The van der Waals surface area contributed by atoms with Gasteiger partial charge in [-0.05, 0) is 31.0 Å². The molecule has 1 fully saturated rings. The highest BCUT2D eigenvalue weighted by Gasteiger charge is 2.24. The summed E-state index contributed by atoms with van der Waals surface area (Å²) in [5.74, 6) is -0.361. The van der Waals surface area contributed by atoms with Crippen molar-refractivity contribution >= 4 is 17.5 Å². The lowest BCUT2D eigenvalue weighted by atomic mass is 9.88. The van der Waals surface area contributed by atoms with Crippen molar-refractivity contribution in [1.29, 1.82) is 0 Å². The molecular weight excluding hydrogens is 330 g/mol. The fourth-order valence-electron chi connectivity index (χ4n) is 3.14. The summed E-state index contributed by atoms with van der Waals surface area (Å²) in [6.45, 7) is 0. The summed E-state index contributed by atoms with van der Waals surface area (Å²) >= 11 is 6.12. The Morgan fingerprint density at radius 3 is 2.75 bits per heavy atom. The summed E-state index contributed by atoms with van der Waals surface area (Å²) < 4.78 is 1.38. The average Bonchev–Trinajstić information content (AvgIpc) is 3.02. The molecule has 1 heterocycles. The Morgan fingerprint density at radius 1 is 1.33 bits per heavy atom.